The van der Waals surface area contributed by atoms with Gasteiger partial charge in [0.25, 0.3) is 5.92 Å². The molecule has 0 radical (unpaired) electrons. The van der Waals surface area contributed by atoms with Crippen LogP contribution in [0.3, 0.4) is 0 Å². The van der Waals surface area contributed by atoms with Gasteiger partial charge in [0.05, 0.1) is 31.6 Å². The molecule has 3 saturated heterocycles. The van der Waals surface area contributed by atoms with Crippen molar-refractivity contribution in [1.29, 1.82) is 0 Å². The molecule has 4 N–H and O–H groups in total. The minimum Gasteiger partial charge on any atom is -0.388 e. The molecule has 2 aromatic heterocycles. The first-order valence-corrected chi connectivity index (χ1v) is 10.8. The fraction of sp³-hybridized carbons (Fsp3) is 0.700. The van der Waals surface area contributed by atoms with E-state index in [1.54, 1.807) is 21.5 Å². The number of hydrogen-bond acceptors (Lipinski definition) is 9. The minimum atomic E-state index is -2.64. The molecule has 12 heteroatoms. The fourth-order valence-electron chi connectivity index (χ4n) is 4.92. The zero-order valence-electron chi connectivity index (χ0n) is 17.6. The van der Waals surface area contributed by atoms with Gasteiger partial charge < -0.3 is 25.4 Å². The molecule has 0 aliphatic carbocycles. The molecule has 176 valence electrons. The van der Waals surface area contributed by atoms with Crippen molar-refractivity contribution in [3.05, 3.63) is 24.2 Å². The molecule has 1 unspecified atom stereocenters. The number of anilines is 1. The summed E-state index contributed by atoms with van der Waals surface area (Å²) in [6, 6.07) is 3.39. The van der Waals surface area contributed by atoms with E-state index < -0.39 is 30.3 Å². The molecular weight excluding hydrogens is 426 g/mol. The molecule has 5 rings (SSSR count). The van der Waals surface area contributed by atoms with Gasteiger partial charge in [-0.05, 0) is 12.1 Å². The molecule has 0 bridgehead atoms. The molecule has 0 saturated carbocycles. The van der Waals surface area contributed by atoms with E-state index in [2.05, 4.69) is 15.0 Å². The molecule has 0 aromatic carbocycles. The van der Waals surface area contributed by atoms with E-state index >= 15 is 0 Å². The summed E-state index contributed by atoms with van der Waals surface area (Å²) in [5.41, 5.74) is 7.05. The van der Waals surface area contributed by atoms with Crippen molar-refractivity contribution >= 4 is 11.3 Å². The van der Waals surface area contributed by atoms with Crippen LogP contribution in [-0.2, 0) is 9.47 Å². The number of hydrogen-bond donors (Lipinski definition) is 3. The Labute approximate surface area is 183 Å². The van der Waals surface area contributed by atoms with Crippen molar-refractivity contribution < 1.29 is 28.5 Å². The maximum Gasteiger partial charge on any atom is 0.261 e. The average Bonchev–Trinajstić information content (AvgIpc) is 3.42. The topological polar surface area (TPSA) is 122 Å². The number of halogens is 2. The van der Waals surface area contributed by atoms with Crippen LogP contribution in [0.25, 0.3) is 5.52 Å². The lowest BCUT2D eigenvalue weighted by Crippen LogP contribution is -2.54. The summed E-state index contributed by atoms with van der Waals surface area (Å²) in [4.78, 5) is 7.81. The highest BCUT2D eigenvalue weighted by molar-refractivity contribution is 5.65. The molecule has 3 aliphatic heterocycles. The number of aliphatic hydroxyl groups is 2. The van der Waals surface area contributed by atoms with Crippen molar-refractivity contribution in [3.8, 4) is 0 Å². The van der Waals surface area contributed by atoms with Gasteiger partial charge in [-0.2, -0.15) is 5.10 Å². The third-order valence-corrected chi connectivity index (χ3v) is 6.65. The molecule has 0 amide bonds. The smallest absolute Gasteiger partial charge is 0.261 e. The second kappa shape index (κ2) is 8.43. The number of nitrogens with zero attached hydrogens (tertiary/aromatic N) is 5. The van der Waals surface area contributed by atoms with Crippen LogP contribution in [0.4, 0.5) is 14.6 Å². The zero-order valence-corrected chi connectivity index (χ0v) is 17.6. The van der Waals surface area contributed by atoms with Crippen LogP contribution in [0.5, 0.6) is 0 Å². The predicted octanol–water partition coefficient (Wildman–Crippen LogP) is -0.485. The number of rotatable bonds is 5. The van der Waals surface area contributed by atoms with Gasteiger partial charge in [-0.25, -0.2) is 18.3 Å². The molecule has 3 fully saturated rings. The van der Waals surface area contributed by atoms with E-state index in [0.717, 1.165) is 0 Å². The van der Waals surface area contributed by atoms with E-state index in [1.807, 2.05) is 0 Å². The summed E-state index contributed by atoms with van der Waals surface area (Å²) in [6.45, 7) is 2.47. The highest BCUT2D eigenvalue weighted by Crippen LogP contribution is 2.35. The number of ether oxygens (including phenoxy) is 2. The normalized spacial score (nSPS) is 33.9. The molecule has 32 heavy (non-hydrogen) atoms. The van der Waals surface area contributed by atoms with Gasteiger partial charge in [0.15, 0.2) is 5.82 Å². The second-order valence-corrected chi connectivity index (χ2v) is 8.84. The highest BCUT2D eigenvalue weighted by Gasteiger charge is 2.46. The Morgan fingerprint density at radius 2 is 2.03 bits per heavy atom. The third-order valence-electron chi connectivity index (χ3n) is 6.65. The number of aliphatic hydroxyl groups excluding tert-OH is 2. The van der Waals surface area contributed by atoms with E-state index in [4.69, 9.17) is 15.2 Å². The lowest BCUT2D eigenvalue weighted by molar-refractivity contribution is -0.0649. The number of morpholine rings is 1. The number of nitrogens with two attached hydrogens (primary N) is 1. The quantitative estimate of drug-likeness (QED) is 0.550. The number of alkyl halides is 2. The van der Waals surface area contributed by atoms with Crippen molar-refractivity contribution in [2.45, 2.75) is 42.8 Å². The fourth-order valence-corrected chi connectivity index (χ4v) is 4.92. The molecule has 0 spiro atoms. The van der Waals surface area contributed by atoms with Crippen LogP contribution in [-0.4, -0.2) is 111 Å². The Hall–Kier alpha value is -1.96. The van der Waals surface area contributed by atoms with Crippen LogP contribution in [0.15, 0.2) is 18.5 Å². The van der Waals surface area contributed by atoms with Gasteiger partial charge in [-0.15, -0.1) is 0 Å². The van der Waals surface area contributed by atoms with Crippen LogP contribution >= 0.6 is 0 Å². The van der Waals surface area contributed by atoms with E-state index in [0.29, 0.717) is 56.4 Å². The summed E-state index contributed by atoms with van der Waals surface area (Å²) in [5, 5.41) is 25.6. The molecule has 3 aliphatic rings. The first-order valence-electron chi connectivity index (χ1n) is 10.8. The third kappa shape index (κ3) is 4.06. The van der Waals surface area contributed by atoms with Crippen LogP contribution < -0.4 is 5.73 Å². The number of nitrogen functional groups attached to an aromatic ring is 1. The molecular formula is C20H28F2N6O4. The number of likely N-dealkylation sites (tertiary alicyclic amines) is 1. The Morgan fingerprint density at radius 1 is 1.19 bits per heavy atom. The Morgan fingerprint density at radius 3 is 2.81 bits per heavy atom. The standard InChI is InChI=1S/C20H28F2N6O4/c21-20(22)3-4-26(10-20)7-12-9-31-6-5-27(12)8-15-16(29)17(30)18(32-15)13-1-2-14-19(23)24-11-25-28(13)14/h1-2,11-12,15-18,29-30H,3-10H2,(H2,23,24,25)/t12-,15?,16-,17-,18+/m1/s1. The van der Waals surface area contributed by atoms with Gasteiger partial charge in [-0.3, -0.25) is 9.80 Å². The Bertz CT molecular complexity index is 961. The summed E-state index contributed by atoms with van der Waals surface area (Å²) in [5.74, 6) is -2.34. The largest absolute Gasteiger partial charge is 0.388 e. The summed E-state index contributed by atoms with van der Waals surface area (Å²) in [6.07, 6.45) is -2.50. The molecule has 5 atom stereocenters. The van der Waals surface area contributed by atoms with Crippen molar-refractivity contribution in [2.75, 3.05) is 51.7 Å². The maximum atomic E-state index is 13.6. The van der Waals surface area contributed by atoms with E-state index in [-0.39, 0.29) is 19.0 Å². The van der Waals surface area contributed by atoms with Crippen LogP contribution in [0, 0.1) is 0 Å². The van der Waals surface area contributed by atoms with Gasteiger partial charge in [0, 0.05) is 38.6 Å². The summed E-state index contributed by atoms with van der Waals surface area (Å²) < 4.78 is 40.4. The first-order chi connectivity index (χ1) is 15.3. The number of fused-ring (bicyclic) bond motifs is 1. The van der Waals surface area contributed by atoms with Gasteiger partial charge in [-0.1, -0.05) is 0 Å². The maximum absolute atomic E-state index is 13.6. The van der Waals surface area contributed by atoms with E-state index in [9.17, 15) is 19.0 Å². The SMILES string of the molecule is Nc1ncnn2c([C@@H]3OC(CN4CCOC[C@H]4CN4CCC(F)(F)C4)[C@@H](O)[C@H]3O)ccc12. The van der Waals surface area contributed by atoms with Crippen molar-refractivity contribution in [2.24, 2.45) is 0 Å². The van der Waals surface area contributed by atoms with Crippen molar-refractivity contribution in [3.63, 3.8) is 0 Å². The Balaban J connectivity index is 1.28. The van der Waals surface area contributed by atoms with Crippen molar-refractivity contribution in [1.82, 2.24) is 24.4 Å². The lowest BCUT2D eigenvalue weighted by Gasteiger charge is -2.39. The second-order valence-electron chi connectivity index (χ2n) is 8.84. The van der Waals surface area contributed by atoms with Crippen LogP contribution in [0.1, 0.15) is 18.2 Å². The minimum absolute atomic E-state index is 0.0914. The molecule has 5 heterocycles. The monoisotopic (exact) mass is 454 g/mol. The first kappa shape index (κ1) is 21.9. The molecule has 2 aromatic rings. The highest BCUT2D eigenvalue weighted by atomic mass is 19.3. The van der Waals surface area contributed by atoms with Gasteiger partial charge in [0.1, 0.15) is 30.2 Å². The Kier molecular flexibility index (Phi) is 5.76. The average molecular weight is 454 g/mol. The lowest BCUT2D eigenvalue weighted by atomic mass is 10.0. The predicted molar refractivity (Wildman–Crippen MR) is 109 cm³/mol. The van der Waals surface area contributed by atoms with Gasteiger partial charge in [0.2, 0.25) is 0 Å². The zero-order chi connectivity index (χ0) is 22.5. The summed E-state index contributed by atoms with van der Waals surface area (Å²) >= 11 is 0. The number of aromatic nitrogens is 3. The summed E-state index contributed by atoms with van der Waals surface area (Å²) in [7, 11) is 0. The van der Waals surface area contributed by atoms with E-state index in [1.165, 1.54) is 6.33 Å². The molecule has 10 nitrogen and oxygen atoms in total. The van der Waals surface area contributed by atoms with Gasteiger partial charge >= 0.3 is 0 Å². The van der Waals surface area contributed by atoms with Crippen LogP contribution in [0.2, 0.25) is 0 Å².